The van der Waals surface area contributed by atoms with Gasteiger partial charge in [0.15, 0.2) is 0 Å². The van der Waals surface area contributed by atoms with Crippen LogP contribution in [0, 0.1) is 0 Å². The Morgan fingerprint density at radius 1 is 1.05 bits per heavy atom. The van der Waals surface area contributed by atoms with Crippen LogP contribution in [0.25, 0.3) is 5.69 Å². The van der Waals surface area contributed by atoms with E-state index in [-0.39, 0.29) is 5.78 Å². The number of nitrogens with zero attached hydrogens (tertiary/aromatic N) is 2. The molecule has 1 heterocycles. The van der Waals surface area contributed by atoms with Crippen LogP contribution in [-0.2, 0) is 0 Å². The van der Waals surface area contributed by atoms with Gasteiger partial charge in [0.1, 0.15) is 5.69 Å². The lowest BCUT2D eigenvalue weighted by Gasteiger charge is -2.02. The molecule has 1 aromatic carbocycles. The highest BCUT2D eigenvalue weighted by molar-refractivity contribution is 6.07. The van der Waals surface area contributed by atoms with Crippen molar-refractivity contribution in [3.8, 4) is 5.69 Å². The number of hydrogen-bond acceptors (Lipinski definition) is 2. The smallest absolute Gasteiger partial charge is 0.208 e. The van der Waals surface area contributed by atoms with Gasteiger partial charge >= 0.3 is 0 Å². The fourth-order valence-electron chi connectivity index (χ4n) is 2.56. The number of Topliss-reactive ketones (excluding diaryl/α,β-unsaturated/α-hetero) is 1. The van der Waals surface area contributed by atoms with Crippen molar-refractivity contribution >= 4 is 5.78 Å². The van der Waals surface area contributed by atoms with E-state index in [9.17, 15) is 4.79 Å². The molecule has 2 aromatic rings. The fraction of sp³-hybridized carbons (Fsp3) is 0.294. The monoisotopic (exact) mass is 266 g/mol. The molecule has 20 heavy (non-hydrogen) atoms. The zero-order valence-electron chi connectivity index (χ0n) is 11.5. The predicted molar refractivity (Wildman–Crippen MR) is 79.1 cm³/mol. The second kappa shape index (κ2) is 5.87. The molecule has 0 unspecified atom stereocenters. The Labute approximate surface area is 118 Å². The number of ketones is 1. The standard InChI is InChI=1S/C17H18N2O/c20-17(14-8-4-1-2-5-9-14)16-12-13-19(18-16)15-10-6-3-7-11-15/h3,6-8,10-13H,1-2,4-5,9H2. The molecule has 0 amide bonds. The molecule has 102 valence electrons. The average Bonchev–Trinajstić information content (AvgIpc) is 2.83. The van der Waals surface area contributed by atoms with Crippen LogP contribution in [0.1, 0.15) is 42.6 Å². The zero-order valence-corrected chi connectivity index (χ0v) is 11.5. The number of benzene rings is 1. The minimum atomic E-state index is 0.0848. The van der Waals surface area contributed by atoms with Gasteiger partial charge in [0.2, 0.25) is 5.78 Å². The van der Waals surface area contributed by atoms with E-state index in [0.29, 0.717) is 5.69 Å². The quantitative estimate of drug-likeness (QED) is 0.788. The van der Waals surface area contributed by atoms with Crippen LogP contribution in [0.2, 0.25) is 0 Å². The molecule has 3 rings (SSSR count). The fourth-order valence-corrected chi connectivity index (χ4v) is 2.56. The van der Waals surface area contributed by atoms with Crippen molar-refractivity contribution in [2.45, 2.75) is 32.1 Å². The van der Waals surface area contributed by atoms with Gasteiger partial charge in [0.05, 0.1) is 5.69 Å². The maximum atomic E-state index is 12.5. The summed E-state index contributed by atoms with van der Waals surface area (Å²) in [6.45, 7) is 0. The largest absolute Gasteiger partial charge is 0.287 e. The lowest BCUT2D eigenvalue weighted by molar-refractivity contribution is 0.102. The van der Waals surface area contributed by atoms with Crippen LogP contribution in [0.15, 0.2) is 54.2 Å². The summed E-state index contributed by atoms with van der Waals surface area (Å²) in [6.07, 6.45) is 9.35. The molecular weight excluding hydrogens is 248 g/mol. The van der Waals surface area contributed by atoms with Gasteiger partial charge in [-0.05, 0) is 49.5 Å². The van der Waals surface area contributed by atoms with Gasteiger partial charge in [-0.2, -0.15) is 5.10 Å². The normalized spacial score (nSPS) is 15.5. The van der Waals surface area contributed by atoms with Gasteiger partial charge in [-0.25, -0.2) is 4.68 Å². The number of hydrogen-bond donors (Lipinski definition) is 0. The third-order valence-electron chi connectivity index (χ3n) is 3.68. The second-order valence-corrected chi connectivity index (χ2v) is 5.14. The third-order valence-corrected chi connectivity index (χ3v) is 3.68. The van der Waals surface area contributed by atoms with E-state index >= 15 is 0 Å². The highest BCUT2D eigenvalue weighted by Gasteiger charge is 2.16. The van der Waals surface area contributed by atoms with Crippen molar-refractivity contribution in [2.75, 3.05) is 0 Å². The minimum absolute atomic E-state index is 0.0848. The highest BCUT2D eigenvalue weighted by Crippen LogP contribution is 2.20. The first kappa shape index (κ1) is 12.9. The van der Waals surface area contributed by atoms with Gasteiger partial charge in [0, 0.05) is 6.20 Å². The molecule has 0 radical (unpaired) electrons. The second-order valence-electron chi connectivity index (χ2n) is 5.14. The van der Waals surface area contributed by atoms with Crippen molar-refractivity contribution in [1.82, 2.24) is 9.78 Å². The van der Waals surface area contributed by atoms with Crippen molar-refractivity contribution in [1.29, 1.82) is 0 Å². The maximum Gasteiger partial charge on any atom is 0.208 e. The first-order valence-electron chi connectivity index (χ1n) is 7.19. The zero-order chi connectivity index (χ0) is 13.8. The van der Waals surface area contributed by atoms with Crippen molar-refractivity contribution in [3.05, 3.63) is 59.9 Å². The van der Waals surface area contributed by atoms with Gasteiger partial charge in [-0.3, -0.25) is 4.79 Å². The Hall–Kier alpha value is -2.16. The van der Waals surface area contributed by atoms with E-state index in [1.54, 1.807) is 10.7 Å². The lowest BCUT2D eigenvalue weighted by Crippen LogP contribution is -2.05. The summed E-state index contributed by atoms with van der Waals surface area (Å²) in [4.78, 5) is 12.5. The van der Waals surface area contributed by atoms with Crippen molar-refractivity contribution < 1.29 is 4.79 Å². The van der Waals surface area contributed by atoms with E-state index in [4.69, 9.17) is 0 Å². The highest BCUT2D eigenvalue weighted by atomic mass is 16.1. The number of aromatic nitrogens is 2. The van der Waals surface area contributed by atoms with E-state index in [1.807, 2.05) is 36.5 Å². The topological polar surface area (TPSA) is 34.9 Å². The number of rotatable bonds is 3. The Morgan fingerprint density at radius 2 is 1.90 bits per heavy atom. The molecule has 0 atom stereocenters. The molecule has 1 aromatic heterocycles. The molecular formula is C17H18N2O. The lowest BCUT2D eigenvalue weighted by atomic mass is 10.0. The molecule has 0 saturated heterocycles. The van der Waals surface area contributed by atoms with E-state index in [1.165, 1.54) is 12.8 Å². The maximum absolute atomic E-state index is 12.5. The van der Waals surface area contributed by atoms with Crippen LogP contribution in [-0.4, -0.2) is 15.6 Å². The van der Waals surface area contributed by atoms with Crippen LogP contribution >= 0.6 is 0 Å². The van der Waals surface area contributed by atoms with Gasteiger partial charge in [-0.15, -0.1) is 0 Å². The Kier molecular flexibility index (Phi) is 3.77. The predicted octanol–water partition coefficient (Wildman–Crippen LogP) is 3.95. The molecule has 0 spiro atoms. The summed E-state index contributed by atoms with van der Waals surface area (Å²) in [5.74, 6) is 0.0848. The molecule has 0 aliphatic heterocycles. The summed E-state index contributed by atoms with van der Waals surface area (Å²) in [5, 5.41) is 4.41. The Balaban J connectivity index is 1.83. The van der Waals surface area contributed by atoms with Crippen LogP contribution in [0.3, 0.4) is 0 Å². The summed E-state index contributed by atoms with van der Waals surface area (Å²) < 4.78 is 1.75. The van der Waals surface area contributed by atoms with Crippen LogP contribution < -0.4 is 0 Å². The van der Waals surface area contributed by atoms with Gasteiger partial charge in [-0.1, -0.05) is 30.7 Å². The molecule has 0 bridgehead atoms. The minimum Gasteiger partial charge on any atom is -0.287 e. The van der Waals surface area contributed by atoms with Gasteiger partial charge < -0.3 is 0 Å². The van der Waals surface area contributed by atoms with E-state index < -0.39 is 0 Å². The van der Waals surface area contributed by atoms with Crippen molar-refractivity contribution in [3.63, 3.8) is 0 Å². The molecule has 0 fully saturated rings. The van der Waals surface area contributed by atoms with E-state index in [2.05, 4.69) is 11.2 Å². The number of carbonyl (C=O) groups excluding carboxylic acids is 1. The summed E-state index contributed by atoms with van der Waals surface area (Å²) >= 11 is 0. The molecule has 3 heteroatoms. The Morgan fingerprint density at radius 3 is 2.75 bits per heavy atom. The molecule has 0 N–H and O–H groups in total. The third kappa shape index (κ3) is 2.72. The summed E-state index contributed by atoms with van der Waals surface area (Å²) in [7, 11) is 0. The number of allylic oxidation sites excluding steroid dienone is 2. The average molecular weight is 266 g/mol. The van der Waals surface area contributed by atoms with Crippen LogP contribution in [0.4, 0.5) is 0 Å². The van der Waals surface area contributed by atoms with Crippen molar-refractivity contribution in [2.24, 2.45) is 0 Å². The molecule has 0 saturated carbocycles. The van der Waals surface area contributed by atoms with Crippen LogP contribution in [0.5, 0.6) is 0 Å². The number of carbonyl (C=O) groups is 1. The molecule has 3 nitrogen and oxygen atoms in total. The number of para-hydroxylation sites is 1. The summed E-state index contributed by atoms with van der Waals surface area (Å²) in [5.41, 5.74) is 2.45. The first-order chi connectivity index (χ1) is 9.84. The molecule has 1 aliphatic rings. The van der Waals surface area contributed by atoms with E-state index in [0.717, 1.165) is 30.5 Å². The summed E-state index contributed by atoms with van der Waals surface area (Å²) in [6, 6.07) is 11.7. The first-order valence-corrected chi connectivity index (χ1v) is 7.19. The molecule has 1 aliphatic carbocycles. The Bertz CT molecular complexity index is 625. The SMILES string of the molecule is O=C(C1=CCCCCC1)c1ccn(-c2ccccc2)n1. The van der Waals surface area contributed by atoms with Gasteiger partial charge in [0.25, 0.3) is 0 Å².